The number of aryl methyl sites for hydroxylation is 2. The van der Waals surface area contributed by atoms with Gasteiger partial charge in [0.25, 0.3) is 5.91 Å². The number of carbonyl (C=O) groups is 1. The summed E-state index contributed by atoms with van der Waals surface area (Å²) >= 11 is 5.85. The van der Waals surface area contributed by atoms with Crippen LogP contribution < -0.4 is 10.1 Å². The van der Waals surface area contributed by atoms with Crippen LogP contribution in [-0.4, -0.2) is 18.6 Å². The minimum atomic E-state index is -0.481. The molecule has 128 valence electrons. The van der Waals surface area contributed by atoms with Gasteiger partial charge in [0.1, 0.15) is 5.75 Å². The molecule has 4 heteroatoms. The molecular formula is C20H24ClNO2. The van der Waals surface area contributed by atoms with Gasteiger partial charge in [-0.05, 0) is 56.0 Å². The molecular weight excluding hydrogens is 322 g/mol. The summed E-state index contributed by atoms with van der Waals surface area (Å²) in [6.07, 6.45) is 2.00. The van der Waals surface area contributed by atoms with E-state index in [9.17, 15) is 4.79 Å². The third kappa shape index (κ3) is 5.89. The standard InChI is InChI=1S/C20H24ClNO2/c1-3-19(24-18-11-9-17(21)10-12-18)20(23)22-13-5-8-16-7-4-6-15(2)14-16/h4,6-7,9-12,14,19H,3,5,8,13H2,1-2H3,(H,22,23). The van der Waals surface area contributed by atoms with Crippen LogP contribution in [0.4, 0.5) is 0 Å². The van der Waals surface area contributed by atoms with Gasteiger partial charge >= 0.3 is 0 Å². The molecule has 0 aliphatic rings. The molecule has 0 aliphatic carbocycles. The monoisotopic (exact) mass is 345 g/mol. The smallest absolute Gasteiger partial charge is 0.261 e. The fraction of sp³-hybridized carbons (Fsp3) is 0.350. The highest BCUT2D eigenvalue weighted by Gasteiger charge is 2.17. The van der Waals surface area contributed by atoms with E-state index in [0.29, 0.717) is 23.7 Å². The van der Waals surface area contributed by atoms with Crippen molar-refractivity contribution in [1.82, 2.24) is 5.32 Å². The number of carbonyl (C=O) groups excluding carboxylic acids is 1. The van der Waals surface area contributed by atoms with Crippen LogP contribution in [0.3, 0.4) is 0 Å². The Morgan fingerprint density at radius 2 is 1.96 bits per heavy atom. The number of halogens is 1. The molecule has 1 atom stereocenters. The van der Waals surface area contributed by atoms with Crippen LogP contribution in [0.2, 0.25) is 5.02 Å². The molecule has 2 aromatic rings. The predicted molar refractivity (Wildman–Crippen MR) is 98.7 cm³/mol. The first-order valence-corrected chi connectivity index (χ1v) is 8.71. The highest BCUT2D eigenvalue weighted by atomic mass is 35.5. The highest BCUT2D eigenvalue weighted by Crippen LogP contribution is 2.17. The molecule has 0 aliphatic heterocycles. The Morgan fingerprint density at radius 3 is 2.62 bits per heavy atom. The van der Waals surface area contributed by atoms with Gasteiger partial charge in [-0.3, -0.25) is 4.79 Å². The minimum Gasteiger partial charge on any atom is -0.481 e. The molecule has 2 rings (SSSR count). The maximum atomic E-state index is 12.2. The van der Waals surface area contributed by atoms with E-state index in [-0.39, 0.29) is 5.91 Å². The molecule has 24 heavy (non-hydrogen) atoms. The number of amides is 1. The van der Waals surface area contributed by atoms with Crippen molar-refractivity contribution >= 4 is 17.5 Å². The number of ether oxygens (including phenoxy) is 1. The largest absolute Gasteiger partial charge is 0.481 e. The number of hydrogen-bond donors (Lipinski definition) is 1. The fourth-order valence-corrected chi connectivity index (χ4v) is 2.61. The summed E-state index contributed by atoms with van der Waals surface area (Å²) in [7, 11) is 0. The van der Waals surface area contributed by atoms with Gasteiger partial charge in [-0.15, -0.1) is 0 Å². The lowest BCUT2D eigenvalue weighted by atomic mass is 10.1. The van der Waals surface area contributed by atoms with Gasteiger partial charge in [-0.25, -0.2) is 0 Å². The van der Waals surface area contributed by atoms with E-state index in [1.165, 1.54) is 11.1 Å². The summed E-state index contributed by atoms with van der Waals surface area (Å²) in [5.41, 5.74) is 2.56. The topological polar surface area (TPSA) is 38.3 Å². The highest BCUT2D eigenvalue weighted by molar-refractivity contribution is 6.30. The summed E-state index contributed by atoms with van der Waals surface area (Å²) in [6.45, 7) is 4.67. The zero-order valence-corrected chi connectivity index (χ0v) is 15.0. The SMILES string of the molecule is CCC(Oc1ccc(Cl)cc1)C(=O)NCCCc1cccc(C)c1. The molecule has 1 amide bonds. The molecule has 0 saturated heterocycles. The molecule has 0 bridgehead atoms. The second kappa shape index (κ2) is 9.33. The third-order valence-corrected chi connectivity index (χ3v) is 4.03. The summed E-state index contributed by atoms with van der Waals surface area (Å²) < 4.78 is 5.74. The number of rotatable bonds is 8. The van der Waals surface area contributed by atoms with E-state index < -0.39 is 6.10 Å². The summed E-state index contributed by atoms with van der Waals surface area (Å²) in [6, 6.07) is 15.5. The zero-order valence-electron chi connectivity index (χ0n) is 14.2. The van der Waals surface area contributed by atoms with Crippen molar-refractivity contribution in [2.24, 2.45) is 0 Å². The number of hydrogen-bond acceptors (Lipinski definition) is 2. The Morgan fingerprint density at radius 1 is 1.21 bits per heavy atom. The second-order valence-electron chi connectivity index (χ2n) is 5.85. The van der Waals surface area contributed by atoms with Crippen molar-refractivity contribution < 1.29 is 9.53 Å². The predicted octanol–water partition coefficient (Wildman–Crippen LogP) is 4.55. The summed E-state index contributed by atoms with van der Waals surface area (Å²) in [4.78, 5) is 12.2. The number of benzene rings is 2. The van der Waals surface area contributed by atoms with Gasteiger partial charge in [-0.2, -0.15) is 0 Å². The molecule has 2 aromatic carbocycles. The van der Waals surface area contributed by atoms with E-state index in [0.717, 1.165) is 12.8 Å². The lowest BCUT2D eigenvalue weighted by Crippen LogP contribution is -2.38. The van der Waals surface area contributed by atoms with E-state index in [1.807, 2.05) is 6.92 Å². The van der Waals surface area contributed by atoms with Crippen molar-refractivity contribution in [3.05, 3.63) is 64.7 Å². The zero-order chi connectivity index (χ0) is 17.4. The Hall–Kier alpha value is -2.00. The maximum absolute atomic E-state index is 12.2. The Balaban J connectivity index is 1.76. The van der Waals surface area contributed by atoms with E-state index in [2.05, 4.69) is 36.5 Å². The van der Waals surface area contributed by atoms with Crippen molar-refractivity contribution in [2.45, 2.75) is 39.2 Å². The Bertz CT molecular complexity index is 655. The van der Waals surface area contributed by atoms with E-state index >= 15 is 0 Å². The lowest BCUT2D eigenvalue weighted by Gasteiger charge is -2.17. The van der Waals surface area contributed by atoms with Gasteiger partial charge in [0, 0.05) is 11.6 Å². The van der Waals surface area contributed by atoms with Crippen LogP contribution in [0.1, 0.15) is 30.9 Å². The van der Waals surface area contributed by atoms with Crippen molar-refractivity contribution in [3.8, 4) is 5.75 Å². The molecule has 0 saturated carbocycles. The van der Waals surface area contributed by atoms with Crippen molar-refractivity contribution in [1.29, 1.82) is 0 Å². The first kappa shape index (κ1) is 18.3. The van der Waals surface area contributed by atoms with Crippen LogP contribution in [-0.2, 0) is 11.2 Å². The fourth-order valence-electron chi connectivity index (χ4n) is 2.49. The lowest BCUT2D eigenvalue weighted by molar-refractivity contribution is -0.128. The van der Waals surface area contributed by atoms with Crippen LogP contribution in [0.5, 0.6) is 5.75 Å². The van der Waals surface area contributed by atoms with Crippen molar-refractivity contribution in [3.63, 3.8) is 0 Å². The van der Waals surface area contributed by atoms with Gasteiger partial charge in [-0.1, -0.05) is 48.4 Å². The van der Waals surface area contributed by atoms with Gasteiger partial charge in [0.15, 0.2) is 6.10 Å². The first-order chi connectivity index (χ1) is 11.6. The average Bonchev–Trinajstić information content (AvgIpc) is 2.58. The van der Waals surface area contributed by atoms with Gasteiger partial charge in [0.2, 0.25) is 0 Å². The third-order valence-electron chi connectivity index (χ3n) is 3.78. The molecule has 0 radical (unpaired) electrons. The summed E-state index contributed by atoms with van der Waals surface area (Å²) in [5, 5.41) is 3.61. The van der Waals surface area contributed by atoms with Crippen LogP contribution in [0.15, 0.2) is 48.5 Å². The molecule has 1 unspecified atom stereocenters. The second-order valence-corrected chi connectivity index (χ2v) is 6.29. The molecule has 0 fully saturated rings. The number of nitrogens with one attached hydrogen (secondary N) is 1. The Kier molecular flexibility index (Phi) is 7.13. The van der Waals surface area contributed by atoms with Gasteiger partial charge < -0.3 is 10.1 Å². The van der Waals surface area contributed by atoms with Crippen molar-refractivity contribution in [2.75, 3.05) is 6.54 Å². The molecule has 0 heterocycles. The van der Waals surface area contributed by atoms with Crippen LogP contribution in [0.25, 0.3) is 0 Å². The van der Waals surface area contributed by atoms with Crippen LogP contribution >= 0.6 is 11.6 Å². The summed E-state index contributed by atoms with van der Waals surface area (Å²) in [5.74, 6) is 0.581. The molecule has 0 aromatic heterocycles. The average molecular weight is 346 g/mol. The quantitative estimate of drug-likeness (QED) is 0.712. The normalized spacial score (nSPS) is 11.8. The molecule has 1 N–H and O–H groups in total. The van der Waals surface area contributed by atoms with Gasteiger partial charge in [0.05, 0.1) is 0 Å². The van der Waals surface area contributed by atoms with E-state index in [4.69, 9.17) is 16.3 Å². The molecule has 0 spiro atoms. The van der Waals surface area contributed by atoms with E-state index in [1.54, 1.807) is 24.3 Å². The maximum Gasteiger partial charge on any atom is 0.261 e. The van der Waals surface area contributed by atoms with Crippen LogP contribution in [0, 0.1) is 6.92 Å². The minimum absolute atomic E-state index is 0.0725. The Labute approximate surface area is 149 Å². The molecule has 3 nitrogen and oxygen atoms in total. The first-order valence-electron chi connectivity index (χ1n) is 8.34.